The zero-order chi connectivity index (χ0) is 11.4. The average Bonchev–Trinajstić information content (AvgIpc) is 2.31. The number of aliphatic hydroxyl groups excluding tert-OH is 1. The Morgan fingerprint density at radius 1 is 1.31 bits per heavy atom. The predicted octanol–water partition coefficient (Wildman–Crippen LogP) is 1.86. The van der Waals surface area contributed by atoms with Gasteiger partial charge in [-0.15, -0.1) is 0 Å². The van der Waals surface area contributed by atoms with E-state index >= 15 is 0 Å². The summed E-state index contributed by atoms with van der Waals surface area (Å²) < 4.78 is 6.63. The minimum Gasteiger partial charge on any atom is -0.396 e. The Morgan fingerprint density at radius 3 is 2.75 bits per heavy atom. The summed E-state index contributed by atoms with van der Waals surface area (Å²) >= 11 is 3.42. The minimum absolute atomic E-state index is 0.202. The summed E-state index contributed by atoms with van der Waals surface area (Å²) in [6.07, 6.45) is 0.743. The van der Waals surface area contributed by atoms with Gasteiger partial charge in [0.1, 0.15) is 0 Å². The van der Waals surface area contributed by atoms with Gasteiger partial charge in [0.2, 0.25) is 0 Å². The first-order valence-electron chi connectivity index (χ1n) is 5.49. The Morgan fingerprint density at radius 2 is 2.06 bits per heavy atom. The molecule has 1 aromatic rings. The molecule has 2 atom stereocenters. The number of aliphatic hydroxyl groups is 1. The Hall–Kier alpha value is -0.420. The lowest BCUT2D eigenvalue weighted by atomic mass is 10.0. The van der Waals surface area contributed by atoms with Crippen molar-refractivity contribution in [3.8, 4) is 0 Å². The molecule has 1 aromatic carbocycles. The first-order valence-corrected chi connectivity index (χ1v) is 6.29. The molecule has 1 heterocycles. The smallest absolute Gasteiger partial charge is 0.0662 e. The van der Waals surface area contributed by atoms with Crippen molar-refractivity contribution in [1.29, 1.82) is 0 Å². The molecule has 3 nitrogen and oxygen atoms in total. The number of hydrogen-bond acceptors (Lipinski definition) is 3. The lowest BCUT2D eigenvalue weighted by molar-refractivity contribution is 0.0375. The van der Waals surface area contributed by atoms with Gasteiger partial charge >= 0.3 is 0 Å². The third kappa shape index (κ3) is 3.04. The van der Waals surface area contributed by atoms with E-state index in [2.05, 4.69) is 33.4 Å². The van der Waals surface area contributed by atoms with Gasteiger partial charge in [-0.05, 0) is 24.1 Å². The highest BCUT2D eigenvalue weighted by Crippen LogP contribution is 2.20. The highest BCUT2D eigenvalue weighted by atomic mass is 79.9. The zero-order valence-corrected chi connectivity index (χ0v) is 10.6. The molecule has 0 bridgehead atoms. The van der Waals surface area contributed by atoms with E-state index in [1.54, 1.807) is 0 Å². The SMILES string of the molecule is OCC[C@@H]1COC[C@@H](c2ccc(Br)cc2)N1. The van der Waals surface area contributed by atoms with E-state index in [4.69, 9.17) is 9.84 Å². The average molecular weight is 286 g/mol. The maximum atomic E-state index is 8.91. The molecule has 0 unspecified atom stereocenters. The fourth-order valence-electron chi connectivity index (χ4n) is 1.92. The third-order valence-corrected chi connectivity index (χ3v) is 3.32. The molecule has 1 aliphatic rings. The molecule has 0 amide bonds. The minimum atomic E-state index is 0.202. The monoisotopic (exact) mass is 285 g/mol. The summed E-state index contributed by atoms with van der Waals surface area (Å²) in [7, 11) is 0. The molecule has 4 heteroatoms. The molecule has 2 rings (SSSR count). The van der Waals surface area contributed by atoms with Crippen LogP contribution in [0, 0.1) is 0 Å². The van der Waals surface area contributed by atoms with Crippen LogP contribution in [0.15, 0.2) is 28.7 Å². The third-order valence-electron chi connectivity index (χ3n) is 2.79. The molecule has 0 radical (unpaired) electrons. The fourth-order valence-corrected chi connectivity index (χ4v) is 2.18. The number of hydrogen-bond donors (Lipinski definition) is 2. The molecule has 1 fully saturated rings. The van der Waals surface area contributed by atoms with E-state index in [1.165, 1.54) is 5.56 Å². The van der Waals surface area contributed by atoms with Crippen molar-refractivity contribution in [2.75, 3.05) is 19.8 Å². The number of nitrogens with one attached hydrogen (secondary N) is 1. The molecule has 2 N–H and O–H groups in total. The van der Waals surface area contributed by atoms with Gasteiger partial charge in [0.15, 0.2) is 0 Å². The van der Waals surface area contributed by atoms with Gasteiger partial charge in [-0.25, -0.2) is 0 Å². The van der Waals surface area contributed by atoms with Crippen molar-refractivity contribution in [2.24, 2.45) is 0 Å². The standard InChI is InChI=1S/C12H16BrNO2/c13-10-3-1-9(2-4-10)12-8-16-7-11(14-12)5-6-15/h1-4,11-12,14-15H,5-8H2/t11-,12+/m1/s1. The van der Waals surface area contributed by atoms with E-state index in [1.807, 2.05) is 12.1 Å². The highest BCUT2D eigenvalue weighted by molar-refractivity contribution is 9.10. The second-order valence-electron chi connectivity index (χ2n) is 4.02. The largest absolute Gasteiger partial charge is 0.396 e. The van der Waals surface area contributed by atoms with Crippen molar-refractivity contribution in [3.05, 3.63) is 34.3 Å². The van der Waals surface area contributed by atoms with Crippen LogP contribution in [0.4, 0.5) is 0 Å². The van der Waals surface area contributed by atoms with Crippen molar-refractivity contribution in [1.82, 2.24) is 5.32 Å². The molecular formula is C12H16BrNO2. The molecule has 88 valence electrons. The van der Waals surface area contributed by atoms with Gasteiger partial charge in [0.05, 0.1) is 19.3 Å². The van der Waals surface area contributed by atoms with Crippen LogP contribution in [0.2, 0.25) is 0 Å². The summed E-state index contributed by atoms with van der Waals surface area (Å²) in [6, 6.07) is 8.74. The summed E-state index contributed by atoms with van der Waals surface area (Å²) in [4.78, 5) is 0. The van der Waals surface area contributed by atoms with Crippen LogP contribution >= 0.6 is 15.9 Å². The molecule has 1 saturated heterocycles. The summed E-state index contributed by atoms with van der Waals surface area (Å²) in [5.74, 6) is 0. The van der Waals surface area contributed by atoms with E-state index in [0.717, 1.165) is 10.9 Å². The summed E-state index contributed by atoms with van der Waals surface area (Å²) in [6.45, 7) is 1.59. The van der Waals surface area contributed by atoms with Gasteiger partial charge in [-0.3, -0.25) is 0 Å². The number of ether oxygens (including phenoxy) is 1. The molecule has 16 heavy (non-hydrogen) atoms. The fraction of sp³-hybridized carbons (Fsp3) is 0.500. The predicted molar refractivity (Wildman–Crippen MR) is 66.3 cm³/mol. The van der Waals surface area contributed by atoms with E-state index in [-0.39, 0.29) is 18.7 Å². The van der Waals surface area contributed by atoms with Crippen molar-refractivity contribution in [3.63, 3.8) is 0 Å². The molecule has 0 aliphatic carbocycles. The Balaban J connectivity index is 2.01. The summed E-state index contributed by atoms with van der Waals surface area (Å²) in [5, 5.41) is 12.4. The molecule has 0 aromatic heterocycles. The van der Waals surface area contributed by atoms with Gasteiger partial charge in [0, 0.05) is 17.1 Å². The molecule has 0 spiro atoms. The van der Waals surface area contributed by atoms with Crippen molar-refractivity contribution >= 4 is 15.9 Å². The van der Waals surface area contributed by atoms with E-state index in [0.29, 0.717) is 13.2 Å². The molecule has 0 saturated carbocycles. The maximum Gasteiger partial charge on any atom is 0.0662 e. The van der Waals surface area contributed by atoms with Crippen LogP contribution in [-0.4, -0.2) is 31.0 Å². The maximum absolute atomic E-state index is 8.91. The van der Waals surface area contributed by atoms with Gasteiger partial charge in [0.25, 0.3) is 0 Å². The topological polar surface area (TPSA) is 41.5 Å². The number of morpholine rings is 1. The molecular weight excluding hydrogens is 270 g/mol. The number of benzene rings is 1. The van der Waals surface area contributed by atoms with Crippen LogP contribution in [-0.2, 0) is 4.74 Å². The Labute approximate surface area is 104 Å². The van der Waals surface area contributed by atoms with Crippen LogP contribution in [0.3, 0.4) is 0 Å². The van der Waals surface area contributed by atoms with Gasteiger partial charge < -0.3 is 15.2 Å². The number of halogens is 1. The van der Waals surface area contributed by atoms with Crippen LogP contribution in [0.25, 0.3) is 0 Å². The highest BCUT2D eigenvalue weighted by Gasteiger charge is 2.22. The van der Waals surface area contributed by atoms with Crippen LogP contribution in [0.1, 0.15) is 18.0 Å². The van der Waals surface area contributed by atoms with Gasteiger partial charge in [-0.1, -0.05) is 28.1 Å². The van der Waals surface area contributed by atoms with Crippen LogP contribution < -0.4 is 5.32 Å². The zero-order valence-electron chi connectivity index (χ0n) is 9.03. The second kappa shape index (κ2) is 5.77. The van der Waals surface area contributed by atoms with E-state index < -0.39 is 0 Å². The van der Waals surface area contributed by atoms with Crippen LogP contribution in [0.5, 0.6) is 0 Å². The summed E-state index contributed by atoms with van der Waals surface area (Å²) in [5.41, 5.74) is 1.23. The Kier molecular flexibility index (Phi) is 4.35. The first-order chi connectivity index (χ1) is 7.79. The normalized spacial score (nSPS) is 25.6. The lowest BCUT2D eigenvalue weighted by Crippen LogP contribution is -2.44. The molecule has 1 aliphatic heterocycles. The second-order valence-corrected chi connectivity index (χ2v) is 4.93. The first kappa shape index (κ1) is 12.0. The quantitative estimate of drug-likeness (QED) is 0.891. The van der Waals surface area contributed by atoms with Crippen molar-refractivity contribution in [2.45, 2.75) is 18.5 Å². The van der Waals surface area contributed by atoms with Crippen molar-refractivity contribution < 1.29 is 9.84 Å². The Bertz CT molecular complexity index is 326. The van der Waals surface area contributed by atoms with E-state index in [9.17, 15) is 0 Å². The number of rotatable bonds is 3. The lowest BCUT2D eigenvalue weighted by Gasteiger charge is -2.31. The van der Waals surface area contributed by atoms with Gasteiger partial charge in [-0.2, -0.15) is 0 Å².